The number of aromatic nitrogens is 2. The van der Waals surface area contributed by atoms with Gasteiger partial charge in [-0.05, 0) is 24.1 Å². The molecule has 106 valence electrons. The largest absolute Gasteiger partial charge is 0.426 e. The molecule has 0 aliphatic carbocycles. The first-order valence-electron chi connectivity index (χ1n) is 6.88. The van der Waals surface area contributed by atoms with Crippen molar-refractivity contribution < 1.29 is 9.53 Å². The molecule has 0 unspecified atom stereocenters. The van der Waals surface area contributed by atoms with E-state index in [2.05, 4.69) is 4.98 Å². The number of hydrogen-bond acceptors (Lipinski definition) is 3. The maximum absolute atomic E-state index is 11.9. The Hall–Kier alpha value is -2.62. The van der Waals surface area contributed by atoms with Crippen molar-refractivity contribution in [3.05, 3.63) is 60.4 Å². The second-order valence-corrected chi connectivity index (χ2v) is 4.97. The van der Waals surface area contributed by atoms with Crippen LogP contribution in [-0.2, 0) is 18.3 Å². The highest BCUT2D eigenvalue weighted by molar-refractivity contribution is 5.79. The summed E-state index contributed by atoms with van der Waals surface area (Å²) in [6, 6.07) is 15.4. The van der Waals surface area contributed by atoms with Crippen molar-refractivity contribution in [3.8, 4) is 5.75 Å². The van der Waals surface area contributed by atoms with Crippen LogP contribution in [0, 0.1) is 0 Å². The molecule has 3 rings (SSSR count). The van der Waals surface area contributed by atoms with Crippen molar-refractivity contribution in [1.82, 2.24) is 9.55 Å². The molecule has 0 atom stereocenters. The Balaban J connectivity index is 1.63. The molecule has 0 spiro atoms. The molecule has 0 fully saturated rings. The van der Waals surface area contributed by atoms with E-state index in [0.717, 1.165) is 16.6 Å². The van der Waals surface area contributed by atoms with Gasteiger partial charge < -0.3 is 9.30 Å². The van der Waals surface area contributed by atoms with E-state index in [1.165, 1.54) is 0 Å². The van der Waals surface area contributed by atoms with Gasteiger partial charge >= 0.3 is 5.97 Å². The van der Waals surface area contributed by atoms with E-state index >= 15 is 0 Å². The summed E-state index contributed by atoms with van der Waals surface area (Å²) in [5.74, 6) is 0.313. The van der Waals surface area contributed by atoms with E-state index in [0.29, 0.717) is 18.6 Å². The number of rotatable bonds is 4. The second-order valence-electron chi connectivity index (χ2n) is 4.97. The summed E-state index contributed by atoms with van der Waals surface area (Å²) in [6.07, 6.45) is 2.79. The van der Waals surface area contributed by atoms with Gasteiger partial charge in [0.05, 0.1) is 17.4 Å². The summed E-state index contributed by atoms with van der Waals surface area (Å²) >= 11 is 0. The Morgan fingerprint density at radius 3 is 2.81 bits per heavy atom. The summed E-state index contributed by atoms with van der Waals surface area (Å²) < 4.78 is 7.29. The van der Waals surface area contributed by atoms with Gasteiger partial charge in [0.25, 0.3) is 0 Å². The first-order chi connectivity index (χ1) is 10.2. The summed E-state index contributed by atoms with van der Waals surface area (Å²) in [7, 11) is 1.93. The summed E-state index contributed by atoms with van der Waals surface area (Å²) in [6.45, 7) is 0. The van der Waals surface area contributed by atoms with Gasteiger partial charge in [-0.25, -0.2) is 4.98 Å². The Morgan fingerprint density at radius 2 is 2.00 bits per heavy atom. The van der Waals surface area contributed by atoms with Gasteiger partial charge in [0.1, 0.15) is 5.75 Å². The van der Waals surface area contributed by atoms with Crippen LogP contribution in [0.25, 0.3) is 11.0 Å². The molecule has 1 aromatic heterocycles. The Bertz CT molecular complexity index is 763. The zero-order valence-electron chi connectivity index (χ0n) is 11.8. The van der Waals surface area contributed by atoms with Gasteiger partial charge in [-0.1, -0.05) is 30.3 Å². The number of ether oxygens (including phenoxy) is 1. The number of fused-ring (bicyclic) bond motifs is 1. The highest BCUT2D eigenvalue weighted by Crippen LogP contribution is 2.19. The van der Waals surface area contributed by atoms with Gasteiger partial charge in [0.2, 0.25) is 0 Å². The number of hydrogen-bond donors (Lipinski definition) is 0. The molecule has 0 N–H and O–H groups in total. The van der Waals surface area contributed by atoms with Crippen LogP contribution in [0.4, 0.5) is 0 Å². The molecule has 0 saturated carbocycles. The van der Waals surface area contributed by atoms with Gasteiger partial charge in [0.15, 0.2) is 0 Å². The van der Waals surface area contributed by atoms with Gasteiger partial charge in [-0.15, -0.1) is 0 Å². The van der Waals surface area contributed by atoms with E-state index in [-0.39, 0.29) is 5.97 Å². The molecule has 3 aromatic rings. The lowest BCUT2D eigenvalue weighted by Crippen LogP contribution is -2.09. The van der Waals surface area contributed by atoms with Gasteiger partial charge in [-0.2, -0.15) is 0 Å². The molecule has 0 aliphatic rings. The molecule has 4 nitrogen and oxygen atoms in total. The summed E-state index contributed by atoms with van der Waals surface area (Å²) in [5.41, 5.74) is 2.97. The minimum atomic E-state index is -0.228. The number of carbonyl (C=O) groups excluding carboxylic acids is 1. The number of aryl methyl sites for hydroxylation is 2. The van der Waals surface area contributed by atoms with Crippen molar-refractivity contribution >= 4 is 17.0 Å². The predicted molar refractivity (Wildman–Crippen MR) is 81.1 cm³/mol. The van der Waals surface area contributed by atoms with Crippen molar-refractivity contribution in [3.63, 3.8) is 0 Å². The van der Waals surface area contributed by atoms with Crippen LogP contribution in [0.15, 0.2) is 54.9 Å². The smallest absolute Gasteiger partial charge is 0.311 e. The molecule has 0 amide bonds. The van der Waals surface area contributed by atoms with Crippen LogP contribution in [0.1, 0.15) is 12.0 Å². The molecule has 0 bridgehead atoms. The third kappa shape index (κ3) is 3.11. The lowest BCUT2D eigenvalue weighted by atomic mass is 10.1. The standard InChI is InChI=1S/C17H16N2O2/c1-19-12-18-15-11-14(8-9-16(15)19)21-17(20)10-7-13-5-3-2-4-6-13/h2-6,8-9,11-12H,7,10H2,1H3. The Labute approximate surface area is 123 Å². The fourth-order valence-corrected chi connectivity index (χ4v) is 2.25. The van der Waals surface area contributed by atoms with Crippen molar-refractivity contribution in [2.24, 2.45) is 7.05 Å². The minimum Gasteiger partial charge on any atom is -0.426 e. The fraction of sp³-hybridized carbons (Fsp3) is 0.176. The number of esters is 1. The zero-order chi connectivity index (χ0) is 14.7. The lowest BCUT2D eigenvalue weighted by molar-refractivity contribution is -0.134. The van der Waals surface area contributed by atoms with E-state index in [1.807, 2.05) is 48.0 Å². The fourth-order valence-electron chi connectivity index (χ4n) is 2.25. The van der Waals surface area contributed by atoms with Crippen LogP contribution in [-0.4, -0.2) is 15.5 Å². The van der Waals surface area contributed by atoms with Crippen LogP contribution in [0.2, 0.25) is 0 Å². The highest BCUT2D eigenvalue weighted by Gasteiger charge is 2.07. The van der Waals surface area contributed by atoms with E-state index in [9.17, 15) is 4.79 Å². The quantitative estimate of drug-likeness (QED) is 0.545. The topological polar surface area (TPSA) is 44.1 Å². The maximum atomic E-state index is 11.9. The SMILES string of the molecule is Cn1cnc2cc(OC(=O)CCc3ccccc3)ccc21. The minimum absolute atomic E-state index is 0.228. The molecular weight excluding hydrogens is 264 g/mol. The molecule has 2 aromatic carbocycles. The van der Waals surface area contributed by atoms with Crippen LogP contribution in [0.3, 0.4) is 0 Å². The number of benzene rings is 2. The number of carbonyl (C=O) groups is 1. The van der Waals surface area contributed by atoms with E-state index in [1.54, 1.807) is 18.5 Å². The zero-order valence-corrected chi connectivity index (χ0v) is 11.8. The van der Waals surface area contributed by atoms with Crippen LogP contribution >= 0.6 is 0 Å². The summed E-state index contributed by atoms with van der Waals surface area (Å²) in [5, 5.41) is 0. The molecule has 1 heterocycles. The Morgan fingerprint density at radius 1 is 1.19 bits per heavy atom. The Kier molecular flexibility index (Phi) is 3.69. The van der Waals surface area contributed by atoms with E-state index in [4.69, 9.17) is 4.74 Å². The third-order valence-electron chi connectivity index (χ3n) is 3.39. The third-order valence-corrected chi connectivity index (χ3v) is 3.39. The predicted octanol–water partition coefficient (Wildman–Crippen LogP) is 3.11. The van der Waals surface area contributed by atoms with Gasteiger partial charge in [-0.3, -0.25) is 4.79 Å². The number of imidazole rings is 1. The molecule has 4 heteroatoms. The van der Waals surface area contributed by atoms with Crippen molar-refractivity contribution in [1.29, 1.82) is 0 Å². The second kappa shape index (κ2) is 5.79. The molecule has 0 aliphatic heterocycles. The molecule has 0 radical (unpaired) electrons. The van der Waals surface area contributed by atoms with Gasteiger partial charge in [0, 0.05) is 19.5 Å². The lowest BCUT2D eigenvalue weighted by Gasteiger charge is -2.05. The van der Waals surface area contributed by atoms with Crippen LogP contribution < -0.4 is 4.74 Å². The average Bonchev–Trinajstić information content (AvgIpc) is 2.87. The van der Waals surface area contributed by atoms with E-state index < -0.39 is 0 Å². The monoisotopic (exact) mass is 280 g/mol. The normalized spacial score (nSPS) is 10.7. The highest BCUT2D eigenvalue weighted by atomic mass is 16.5. The van der Waals surface area contributed by atoms with Crippen molar-refractivity contribution in [2.75, 3.05) is 0 Å². The maximum Gasteiger partial charge on any atom is 0.311 e. The number of nitrogens with zero attached hydrogens (tertiary/aromatic N) is 2. The molecular formula is C17H16N2O2. The average molecular weight is 280 g/mol. The van der Waals surface area contributed by atoms with Crippen molar-refractivity contribution in [2.45, 2.75) is 12.8 Å². The first kappa shape index (κ1) is 13.4. The first-order valence-corrected chi connectivity index (χ1v) is 6.88. The molecule has 0 saturated heterocycles. The summed E-state index contributed by atoms with van der Waals surface area (Å²) in [4.78, 5) is 16.1. The van der Waals surface area contributed by atoms with Crippen LogP contribution in [0.5, 0.6) is 5.75 Å². The molecule has 21 heavy (non-hydrogen) atoms.